The van der Waals surface area contributed by atoms with E-state index in [1.54, 1.807) is 0 Å². The fraction of sp³-hybridized carbons (Fsp3) is 0.909. The van der Waals surface area contributed by atoms with Gasteiger partial charge in [0.25, 0.3) is 0 Å². The highest BCUT2D eigenvalue weighted by Crippen LogP contribution is 2.45. The van der Waals surface area contributed by atoms with E-state index in [0.29, 0.717) is 11.8 Å². The van der Waals surface area contributed by atoms with E-state index >= 15 is 0 Å². The monoisotopic (exact) mass is 197 g/mol. The lowest BCUT2D eigenvalue weighted by Gasteiger charge is -2.39. The van der Waals surface area contributed by atoms with Crippen molar-refractivity contribution in [3.63, 3.8) is 0 Å². The maximum absolute atomic E-state index is 11.6. The van der Waals surface area contributed by atoms with Crippen LogP contribution in [0.5, 0.6) is 0 Å². The van der Waals surface area contributed by atoms with Crippen LogP contribution in [0.1, 0.15) is 33.6 Å². The minimum Gasteiger partial charge on any atom is -0.461 e. The average molecular weight is 197 g/mol. The SMILES string of the molecule is CC1CC2C(C)OC(=O)C2(N)CC1C. The Morgan fingerprint density at radius 3 is 2.64 bits per heavy atom. The Balaban J connectivity index is 2.27. The van der Waals surface area contributed by atoms with Gasteiger partial charge in [0.15, 0.2) is 0 Å². The molecule has 0 spiro atoms. The van der Waals surface area contributed by atoms with Crippen LogP contribution in [-0.4, -0.2) is 17.6 Å². The van der Waals surface area contributed by atoms with Crippen molar-refractivity contribution in [2.45, 2.75) is 45.3 Å². The number of nitrogens with two attached hydrogens (primary N) is 1. The van der Waals surface area contributed by atoms with Crippen molar-refractivity contribution in [2.75, 3.05) is 0 Å². The van der Waals surface area contributed by atoms with E-state index in [-0.39, 0.29) is 18.0 Å². The van der Waals surface area contributed by atoms with Crippen molar-refractivity contribution in [1.29, 1.82) is 0 Å². The molecule has 5 atom stereocenters. The molecule has 2 rings (SSSR count). The van der Waals surface area contributed by atoms with Gasteiger partial charge in [-0.15, -0.1) is 0 Å². The van der Waals surface area contributed by atoms with Gasteiger partial charge in [-0.3, -0.25) is 4.79 Å². The first kappa shape index (κ1) is 9.97. The van der Waals surface area contributed by atoms with E-state index in [4.69, 9.17) is 10.5 Å². The summed E-state index contributed by atoms with van der Waals surface area (Å²) in [5.74, 6) is 1.21. The second-order valence-electron chi connectivity index (χ2n) is 5.15. The van der Waals surface area contributed by atoms with E-state index in [2.05, 4.69) is 13.8 Å². The first-order valence-electron chi connectivity index (χ1n) is 5.45. The van der Waals surface area contributed by atoms with Crippen molar-refractivity contribution >= 4 is 5.97 Å². The third-order valence-corrected chi connectivity index (χ3v) is 4.16. The summed E-state index contributed by atoms with van der Waals surface area (Å²) in [6.45, 7) is 6.37. The maximum Gasteiger partial charge on any atom is 0.326 e. The van der Waals surface area contributed by atoms with Gasteiger partial charge in [0.05, 0.1) is 0 Å². The highest BCUT2D eigenvalue weighted by atomic mass is 16.6. The zero-order valence-electron chi connectivity index (χ0n) is 9.12. The minimum absolute atomic E-state index is 0.00227. The average Bonchev–Trinajstić information content (AvgIpc) is 2.29. The summed E-state index contributed by atoms with van der Waals surface area (Å²) in [6.07, 6.45) is 1.80. The number of rotatable bonds is 0. The molecule has 1 saturated carbocycles. The van der Waals surface area contributed by atoms with Gasteiger partial charge in [0.2, 0.25) is 0 Å². The van der Waals surface area contributed by atoms with E-state index in [1.807, 2.05) is 6.92 Å². The normalized spacial score (nSPS) is 52.7. The summed E-state index contributed by atoms with van der Waals surface area (Å²) in [5, 5.41) is 0. The lowest BCUT2D eigenvalue weighted by Crippen LogP contribution is -2.55. The molecule has 14 heavy (non-hydrogen) atoms. The standard InChI is InChI=1S/C11H19NO2/c1-6-4-9-8(3)14-10(13)11(9,12)5-7(6)2/h6-9H,4-5,12H2,1-3H3. The Bertz CT molecular complexity index is 266. The molecule has 5 unspecified atom stereocenters. The van der Waals surface area contributed by atoms with Crippen LogP contribution in [-0.2, 0) is 9.53 Å². The van der Waals surface area contributed by atoms with Crippen molar-refractivity contribution in [2.24, 2.45) is 23.5 Å². The number of hydrogen-bond donors (Lipinski definition) is 1. The molecule has 1 aliphatic heterocycles. The second kappa shape index (κ2) is 2.96. The molecule has 2 N–H and O–H groups in total. The summed E-state index contributed by atoms with van der Waals surface area (Å²) in [6, 6.07) is 0. The summed E-state index contributed by atoms with van der Waals surface area (Å²) in [5.41, 5.74) is 5.49. The zero-order valence-corrected chi connectivity index (χ0v) is 9.12. The number of carbonyl (C=O) groups is 1. The predicted molar refractivity (Wildman–Crippen MR) is 53.5 cm³/mol. The van der Waals surface area contributed by atoms with Crippen LogP contribution in [0.25, 0.3) is 0 Å². The Labute approximate surface area is 85.0 Å². The quantitative estimate of drug-likeness (QED) is 0.596. The molecule has 0 bridgehead atoms. The molecular formula is C11H19NO2. The number of carbonyl (C=O) groups excluding carboxylic acids is 1. The largest absolute Gasteiger partial charge is 0.461 e. The van der Waals surface area contributed by atoms with Gasteiger partial charge in [0, 0.05) is 5.92 Å². The van der Waals surface area contributed by atoms with Crippen LogP contribution < -0.4 is 5.73 Å². The Kier molecular flexibility index (Phi) is 2.11. The van der Waals surface area contributed by atoms with Gasteiger partial charge < -0.3 is 10.5 Å². The van der Waals surface area contributed by atoms with Crippen molar-refractivity contribution < 1.29 is 9.53 Å². The number of fused-ring (bicyclic) bond motifs is 1. The van der Waals surface area contributed by atoms with Crippen LogP contribution in [0.3, 0.4) is 0 Å². The van der Waals surface area contributed by atoms with Gasteiger partial charge in [0.1, 0.15) is 11.6 Å². The van der Waals surface area contributed by atoms with Crippen LogP contribution in [0.15, 0.2) is 0 Å². The van der Waals surface area contributed by atoms with E-state index in [0.717, 1.165) is 12.8 Å². The third kappa shape index (κ3) is 1.18. The molecule has 3 nitrogen and oxygen atoms in total. The van der Waals surface area contributed by atoms with Gasteiger partial charge in [-0.2, -0.15) is 0 Å². The molecule has 1 aliphatic carbocycles. The van der Waals surface area contributed by atoms with Gasteiger partial charge >= 0.3 is 5.97 Å². The first-order valence-corrected chi connectivity index (χ1v) is 5.45. The molecule has 0 aromatic heterocycles. The molecule has 3 heteroatoms. The third-order valence-electron chi connectivity index (χ3n) is 4.16. The van der Waals surface area contributed by atoms with Crippen molar-refractivity contribution in [3.05, 3.63) is 0 Å². The molecule has 0 aromatic carbocycles. The van der Waals surface area contributed by atoms with Crippen LogP contribution in [0, 0.1) is 17.8 Å². The summed E-state index contributed by atoms with van der Waals surface area (Å²) in [4.78, 5) is 11.6. The smallest absolute Gasteiger partial charge is 0.326 e. The number of ether oxygens (including phenoxy) is 1. The van der Waals surface area contributed by atoms with Crippen LogP contribution in [0.4, 0.5) is 0 Å². The van der Waals surface area contributed by atoms with Crippen molar-refractivity contribution in [1.82, 2.24) is 0 Å². The highest BCUT2D eigenvalue weighted by Gasteiger charge is 2.56. The highest BCUT2D eigenvalue weighted by molar-refractivity contribution is 5.83. The number of hydrogen-bond acceptors (Lipinski definition) is 3. The molecule has 0 aromatic rings. The topological polar surface area (TPSA) is 52.3 Å². The summed E-state index contributed by atoms with van der Waals surface area (Å²) >= 11 is 0. The fourth-order valence-corrected chi connectivity index (χ4v) is 2.93. The van der Waals surface area contributed by atoms with Crippen LogP contribution >= 0.6 is 0 Å². The second-order valence-corrected chi connectivity index (χ2v) is 5.15. The molecular weight excluding hydrogens is 178 g/mol. The fourth-order valence-electron chi connectivity index (χ4n) is 2.93. The molecule has 80 valence electrons. The molecule has 2 fully saturated rings. The van der Waals surface area contributed by atoms with E-state index < -0.39 is 5.54 Å². The maximum atomic E-state index is 11.6. The van der Waals surface area contributed by atoms with Crippen molar-refractivity contribution in [3.8, 4) is 0 Å². The van der Waals surface area contributed by atoms with E-state index in [9.17, 15) is 4.79 Å². The zero-order chi connectivity index (χ0) is 10.5. The Morgan fingerprint density at radius 1 is 1.36 bits per heavy atom. The van der Waals surface area contributed by atoms with Gasteiger partial charge in [-0.25, -0.2) is 0 Å². The summed E-state index contributed by atoms with van der Waals surface area (Å²) in [7, 11) is 0. The van der Waals surface area contributed by atoms with Gasteiger partial charge in [-0.05, 0) is 31.6 Å². The molecule has 1 saturated heterocycles. The van der Waals surface area contributed by atoms with Crippen LogP contribution in [0.2, 0.25) is 0 Å². The van der Waals surface area contributed by atoms with Gasteiger partial charge in [-0.1, -0.05) is 13.8 Å². The minimum atomic E-state index is -0.689. The number of esters is 1. The predicted octanol–water partition coefficient (Wildman–Crippen LogP) is 1.31. The van der Waals surface area contributed by atoms with E-state index in [1.165, 1.54) is 0 Å². The Morgan fingerprint density at radius 2 is 2.00 bits per heavy atom. The first-order chi connectivity index (χ1) is 6.45. The Hall–Kier alpha value is -0.570. The summed E-state index contributed by atoms with van der Waals surface area (Å²) < 4.78 is 5.24. The lowest BCUT2D eigenvalue weighted by atomic mass is 9.65. The molecule has 0 amide bonds. The lowest BCUT2D eigenvalue weighted by molar-refractivity contribution is -0.145. The molecule has 1 heterocycles. The number of cyclic esters (lactones) is 1. The molecule has 2 aliphatic rings. The molecule has 0 radical (unpaired) electrons.